The summed E-state index contributed by atoms with van der Waals surface area (Å²) >= 11 is 0. The summed E-state index contributed by atoms with van der Waals surface area (Å²) in [5.41, 5.74) is 1.77. The van der Waals surface area contributed by atoms with E-state index < -0.39 is 12.2 Å². The van der Waals surface area contributed by atoms with Crippen molar-refractivity contribution in [2.75, 3.05) is 0 Å². The first-order valence-electron chi connectivity index (χ1n) is 9.72. The van der Waals surface area contributed by atoms with Gasteiger partial charge in [0.15, 0.2) is 5.78 Å². The van der Waals surface area contributed by atoms with Crippen LogP contribution in [0.2, 0.25) is 0 Å². The molecule has 4 rings (SSSR count). The third-order valence-corrected chi connectivity index (χ3v) is 5.34. The standard InChI is InChI=1S/C24H22O6/c25-16-9-7-15(8-10-16)24-20(28)12-17-21(30-24)13-19(27)22(23(17)29)18(26)11-6-14-4-2-1-3-5-14/h1-5,7-10,13,20,24-25,27-29H,6,11-12H2/t20-,24+/m1/s1. The number of carbonyl (C=O) groups is 1. The normalized spacial score (nSPS) is 17.8. The summed E-state index contributed by atoms with van der Waals surface area (Å²) in [5, 5.41) is 41.1. The van der Waals surface area contributed by atoms with Gasteiger partial charge in [0, 0.05) is 24.5 Å². The number of phenolic OH excluding ortho intramolecular Hbond substituents is 3. The SMILES string of the molecule is O=C(CCc1ccccc1)c1c(O)cc2c(c1O)C[C@@H](O)[C@H](c1ccc(O)cc1)O2. The number of aliphatic hydroxyl groups is 1. The number of aromatic hydroxyl groups is 3. The van der Waals surface area contributed by atoms with Crippen LogP contribution in [0.25, 0.3) is 0 Å². The molecule has 0 amide bonds. The quantitative estimate of drug-likeness (QED) is 0.482. The van der Waals surface area contributed by atoms with Crippen LogP contribution in [0.4, 0.5) is 0 Å². The summed E-state index contributed by atoms with van der Waals surface area (Å²) in [4.78, 5) is 12.7. The van der Waals surface area contributed by atoms with Gasteiger partial charge in [-0.25, -0.2) is 0 Å². The predicted octanol–water partition coefficient (Wildman–Crippen LogP) is 3.66. The fourth-order valence-corrected chi connectivity index (χ4v) is 3.76. The molecule has 3 aromatic carbocycles. The summed E-state index contributed by atoms with van der Waals surface area (Å²) in [6.07, 6.45) is -1.02. The number of rotatable bonds is 5. The zero-order valence-corrected chi connectivity index (χ0v) is 16.2. The van der Waals surface area contributed by atoms with Gasteiger partial charge in [-0.05, 0) is 29.7 Å². The highest BCUT2D eigenvalue weighted by Crippen LogP contribution is 2.45. The first kappa shape index (κ1) is 19.8. The number of benzene rings is 3. The van der Waals surface area contributed by atoms with E-state index in [2.05, 4.69) is 0 Å². The van der Waals surface area contributed by atoms with Crippen molar-refractivity contribution in [1.82, 2.24) is 0 Å². The van der Waals surface area contributed by atoms with Crippen LogP contribution in [0.5, 0.6) is 23.0 Å². The van der Waals surface area contributed by atoms with Crippen molar-refractivity contribution in [2.24, 2.45) is 0 Å². The monoisotopic (exact) mass is 406 g/mol. The molecule has 1 aliphatic rings. The molecule has 0 saturated heterocycles. The van der Waals surface area contributed by atoms with Gasteiger partial charge in [-0.15, -0.1) is 0 Å². The molecule has 0 unspecified atom stereocenters. The Kier molecular flexibility index (Phi) is 5.33. The van der Waals surface area contributed by atoms with Crippen molar-refractivity contribution in [1.29, 1.82) is 0 Å². The first-order valence-corrected chi connectivity index (χ1v) is 9.72. The van der Waals surface area contributed by atoms with E-state index >= 15 is 0 Å². The average molecular weight is 406 g/mol. The highest BCUT2D eigenvalue weighted by atomic mass is 16.5. The molecule has 0 bridgehead atoms. The predicted molar refractivity (Wildman–Crippen MR) is 110 cm³/mol. The molecule has 2 atom stereocenters. The van der Waals surface area contributed by atoms with Gasteiger partial charge >= 0.3 is 0 Å². The molecule has 0 saturated carbocycles. The maximum atomic E-state index is 12.7. The number of ether oxygens (including phenoxy) is 1. The zero-order chi connectivity index (χ0) is 21.3. The zero-order valence-electron chi connectivity index (χ0n) is 16.2. The molecule has 0 fully saturated rings. The van der Waals surface area contributed by atoms with E-state index in [-0.39, 0.29) is 47.2 Å². The topological polar surface area (TPSA) is 107 Å². The molecule has 0 aliphatic carbocycles. The average Bonchev–Trinajstić information content (AvgIpc) is 2.74. The number of Topliss-reactive ketones (excluding diaryl/α,β-unsaturated/α-hetero) is 1. The van der Waals surface area contributed by atoms with E-state index in [1.165, 1.54) is 18.2 Å². The maximum absolute atomic E-state index is 12.7. The van der Waals surface area contributed by atoms with E-state index in [4.69, 9.17) is 4.74 Å². The van der Waals surface area contributed by atoms with Crippen LogP contribution >= 0.6 is 0 Å². The van der Waals surface area contributed by atoms with Gasteiger partial charge in [0.2, 0.25) is 0 Å². The molecule has 154 valence electrons. The summed E-state index contributed by atoms with van der Waals surface area (Å²) in [7, 11) is 0. The minimum absolute atomic E-state index is 0.0615. The summed E-state index contributed by atoms with van der Waals surface area (Å²) in [5.74, 6) is -0.783. The smallest absolute Gasteiger partial charge is 0.170 e. The van der Waals surface area contributed by atoms with E-state index in [0.717, 1.165) is 5.56 Å². The van der Waals surface area contributed by atoms with E-state index in [1.54, 1.807) is 12.1 Å². The van der Waals surface area contributed by atoms with Gasteiger partial charge in [0.05, 0.1) is 6.10 Å². The van der Waals surface area contributed by atoms with Crippen LogP contribution in [0, 0.1) is 0 Å². The highest BCUT2D eigenvalue weighted by molar-refractivity contribution is 6.02. The van der Waals surface area contributed by atoms with Gasteiger partial charge in [0.25, 0.3) is 0 Å². The number of fused-ring (bicyclic) bond motifs is 1. The molecular formula is C24H22O6. The molecule has 3 aromatic rings. The number of phenols is 3. The van der Waals surface area contributed by atoms with Crippen LogP contribution < -0.4 is 4.74 Å². The van der Waals surface area contributed by atoms with Crippen molar-refractivity contribution >= 4 is 5.78 Å². The molecule has 1 aliphatic heterocycles. The lowest BCUT2D eigenvalue weighted by molar-refractivity contribution is 0.0197. The van der Waals surface area contributed by atoms with Crippen LogP contribution in [0.1, 0.15) is 39.6 Å². The second kappa shape index (κ2) is 8.08. The Morgan fingerprint density at radius 2 is 1.70 bits per heavy atom. The van der Waals surface area contributed by atoms with Crippen molar-refractivity contribution in [3.8, 4) is 23.0 Å². The molecule has 1 heterocycles. The van der Waals surface area contributed by atoms with E-state index in [9.17, 15) is 25.2 Å². The number of hydrogen-bond donors (Lipinski definition) is 4. The number of carbonyl (C=O) groups excluding carboxylic acids is 1. The minimum atomic E-state index is -0.968. The van der Waals surface area contributed by atoms with Crippen molar-refractivity contribution in [3.63, 3.8) is 0 Å². The number of hydrogen-bond acceptors (Lipinski definition) is 6. The van der Waals surface area contributed by atoms with Crippen LogP contribution in [-0.4, -0.2) is 32.3 Å². The minimum Gasteiger partial charge on any atom is -0.508 e. The molecule has 30 heavy (non-hydrogen) atoms. The Bertz CT molecular complexity index is 1060. The number of ketones is 1. The molecule has 6 heteroatoms. The Labute approximate surface area is 173 Å². The summed E-state index contributed by atoms with van der Waals surface area (Å²) in [6, 6.07) is 17.0. The Morgan fingerprint density at radius 3 is 2.40 bits per heavy atom. The third-order valence-electron chi connectivity index (χ3n) is 5.34. The summed E-state index contributed by atoms with van der Waals surface area (Å²) in [6.45, 7) is 0. The van der Waals surface area contributed by atoms with Crippen molar-refractivity contribution in [3.05, 3.63) is 82.9 Å². The Hall–Kier alpha value is -3.51. The van der Waals surface area contributed by atoms with Crippen molar-refractivity contribution in [2.45, 2.75) is 31.5 Å². The molecule has 0 aromatic heterocycles. The number of aryl methyl sites for hydroxylation is 1. The lowest BCUT2D eigenvalue weighted by atomic mass is 9.91. The molecule has 4 N–H and O–H groups in total. The van der Waals surface area contributed by atoms with Gasteiger partial charge in [-0.3, -0.25) is 4.79 Å². The van der Waals surface area contributed by atoms with E-state index in [0.29, 0.717) is 17.5 Å². The Morgan fingerprint density at radius 1 is 1.00 bits per heavy atom. The van der Waals surface area contributed by atoms with Gasteiger partial charge < -0.3 is 25.2 Å². The fraction of sp³-hybridized carbons (Fsp3) is 0.208. The van der Waals surface area contributed by atoms with Crippen LogP contribution in [0.15, 0.2) is 60.7 Å². The largest absolute Gasteiger partial charge is 0.508 e. The Balaban J connectivity index is 1.59. The fourth-order valence-electron chi connectivity index (χ4n) is 3.76. The highest BCUT2D eigenvalue weighted by Gasteiger charge is 2.34. The summed E-state index contributed by atoms with van der Waals surface area (Å²) < 4.78 is 5.83. The van der Waals surface area contributed by atoms with Crippen LogP contribution in [0.3, 0.4) is 0 Å². The maximum Gasteiger partial charge on any atom is 0.170 e. The second-order valence-electron chi connectivity index (χ2n) is 7.41. The van der Waals surface area contributed by atoms with Gasteiger partial charge in [-0.2, -0.15) is 0 Å². The number of aliphatic hydroxyl groups excluding tert-OH is 1. The van der Waals surface area contributed by atoms with Crippen molar-refractivity contribution < 1.29 is 30.0 Å². The lowest BCUT2D eigenvalue weighted by Gasteiger charge is -2.32. The van der Waals surface area contributed by atoms with Gasteiger partial charge in [-0.1, -0.05) is 42.5 Å². The third kappa shape index (κ3) is 3.82. The first-order chi connectivity index (χ1) is 14.4. The van der Waals surface area contributed by atoms with Crippen LogP contribution in [-0.2, 0) is 12.8 Å². The van der Waals surface area contributed by atoms with Gasteiger partial charge in [0.1, 0.15) is 34.7 Å². The molecule has 0 spiro atoms. The molecule has 6 nitrogen and oxygen atoms in total. The second-order valence-corrected chi connectivity index (χ2v) is 7.41. The lowest BCUT2D eigenvalue weighted by Crippen LogP contribution is -2.30. The molecular weight excluding hydrogens is 384 g/mol. The molecule has 0 radical (unpaired) electrons. The van der Waals surface area contributed by atoms with E-state index in [1.807, 2.05) is 30.3 Å².